The lowest BCUT2D eigenvalue weighted by atomic mass is 9.84. The van der Waals surface area contributed by atoms with Crippen molar-refractivity contribution in [3.8, 4) is 0 Å². The Morgan fingerprint density at radius 3 is 1.88 bits per heavy atom. The van der Waals surface area contributed by atoms with Gasteiger partial charge >= 0.3 is 0 Å². The molecule has 0 fully saturated rings. The highest BCUT2D eigenvalue weighted by atomic mass is 32.2. The van der Waals surface area contributed by atoms with E-state index in [1.54, 1.807) is 11.8 Å². The van der Waals surface area contributed by atoms with Gasteiger partial charge in [-0.25, -0.2) is 0 Å². The Hall–Kier alpha value is -0.760. The minimum atomic E-state index is 0.205. The second-order valence-corrected chi connectivity index (χ2v) is 6.26. The molecule has 0 amide bonds. The van der Waals surface area contributed by atoms with Crippen molar-refractivity contribution in [2.24, 2.45) is 4.99 Å². The summed E-state index contributed by atoms with van der Waals surface area (Å²) in [7, 11) is 1.86. The van der Waals surface area contributed by atoms with E-state index in [9.17, 15) is 0 Å². The van der Waals surface area contributed by atoms with Gasteiger partial charge in [0.1, 0.15) is 0 Å². The van der Waals surface area contributed by atoms with Gasteiger partial charge in [0, 0.05) is 12.6 Å². The Morgan fingerprint density at radius 2 is 1.59 bits per heavy atom. The third kappa shape index (κ3) is 3.12. The summed E-state index contributed by atoms with van der Waals surface area (Å²) in [5.74, 6) is 0. The van der Waals surface area contributed by atoms with Crippen molar-refractivity contribution in [2.45, 2.75) is 40.0 Å². The molecule has 0 saturated carbocycles. The molecule has 94 valence electrons. The lowest BCUT2D eigenvalue weighted by Gasteiger charge is -2.22. The molecule has 1 nitrogen and oxygen atoms in total. The van der Waals surface area contributed by atoms with Crippen molar-refractivity contribution in [3.05, 3.63) is 34.4 Å². The maximum atomic E-state index is 4.37. The van der Waals surface area contributed by atoms with Crippen LogP contribution in [0, 0.1) is 13.8 Å². The molecular formula is C15H23NS. The summed E-state index contributed by atoms with van der Waals surface area (Å²) in [4.78, 5) is 4.37. The number of nitrogens with zero attached hydrogens (tertiary/aromatic N) is 1. The first-order chi connectivity index (χ1) is 7.81. The van der Waals surface area contributed by atoms with Crippen LogP contribution in [0.4, 0.5) is 0 Å². The van der Waals surface area contributed by atoms with E-state index in [1.165, 1.54) is 22.3 Å². The van der Waals surface area contributed by atoms with E-state index in [0.717, 1.165) is 5.04 Å². The summed E-state index contributed by atoms with van der Waals surface area (Å²) in [5.41, 5.74) is 5.55. The van der Waals surface area contributed by atoms with Gasteiger partial charge in [-0.1, -0.05) is 32.9 Å². The molecule has 0 atom stereocenters. The molecule has 0 N–H and O–H groups in total. The molecule has 1 rings (SSSR count). The first-order valence-electron chi connectivity index (χ1n) is 5.94. The fourth-order valence-electron chi connectivity index (χ4n) is 2.04. The molecule has 0 saturated heterocycles. The smallest absolute Gasteiger partial charge is 0.0976 e. The van der Waals surface area contributed by atoms with E-state index < -0.39 is 0 Å². The number of thioether (sulfide) groups is 1. The third-order valence-corrected chi connectivity index (χ3v) is 3.78. The molecule has 0 aliphatic rings. The van der Waals surface area contributed by atoms with Gasteiger partial charge in [0.2, 0.25) is 0 Å². The molecular weight excluding hydrogens is 226 g/mol. The molecule has 0 bridgehead atoms. The first kappa shape index (κ1) is 14.3. The van der Waals surface area contributed by atoms with E-state index in [1.807, 2.05) is 7.05 Å². The molecule has 17 heavy (non-hydrogen) atoms. The summed E-state index contributed by atoms with van der Waals surface area (Å²) in [6.07, 6.45) is 2.08. The van der Waals surface area contributed by atoms with Crippen molar-refractivity contribution in [3.63, 3.8) is 0 Å². The minimum absolute atomic E-state index is 0.205. The molecule has 0 aliphatic heterocycles. The monoisotopic (exact) mass is 249 g/mol. The largest absolute Gasteiger partial charge is 0.281 e. The molecule has 0 heterocycles. The van der Waals surface area contributed by atoms with Crippen molar-refractivity contribution < 1.29 is 0 Å². The second kappa shape index (κ2) is 5.26. The second-order valence-electron chi connectivity index (χ2n) is 5.47. The van der Waals surface area contributed by atoms with Crippen molar-refractivity contribution in [2.75, 3.05) is 13.3 Å². The van der Waals surface area contributed by atoms with Crippen LogP contribution in [0.5, 0.6) is 0 Å². The molecule has 1 aromatic carbocycles. The number of benzene rings is 1. The fourth-order valence-corrected chi connectivity index (χ4v) is 2.75. The van der Waals surface area contributed by atoms with E-state index in [0.29, 0.717) is 0 Å². The Morgan fingerprint density at radius 1 is 1.12 bits per heavy atom. The number of rotatable bonds is 1. The molecule has 0 aliphatic carbocycles. The Balaban J connectivity index is 3.39. The molecule has 0 aromatic heterocycles. The Kier molecular flexibility index (Phi) is 4.42. The van der Waals surface area contributed by atoms with Crippen molar-refractivity contribution >= 4 is 16.8 Å². The summed E-state index contributed by atoms with van der Waals surface area (Å²) in [6.45, 7) is 11.1. The van der Waals surface area contributed by atoms with E-state index >= 15 is 0 Å². The zero-order chi connectivity index (χ0) is 13.2. The SMILES string of the molecule is CN=C(SC)c1c(C)cc(C(C)(C)C)cc1C. The molecule has 0 radical (unpaired) electrons. The van der Waals surface area contributed by atoms with Crippen LogP contribution in [0.25, 0.3) is 0 Å². The molecule has 0 spiro atoms. The van der Waals surface area contributed by atoms with Crippen LogP contribution in [-0.4, -0.2) is 18.3 Å². The zero-order valence-corrected chi connectivity index (χ0v) is 12.8. The van der Waals surface area contributed by atoms with E-state index in [-0.39, 0.29) is 5.41 Å². The van der Waals surface area contributed by atoms with Crippen LogP contribution < -0.4 is 0 Å². The van der Waals surface area contributed by atoms with Crippen molar-refractivity contribution in [1.29, 1.82) is 0 Å². The van der Waals surface area contributed by atoms with Crippen LogP contribution in [0.1, 0.15) is 43.0 Å². The van der Waals surface area contributed by atoms with Crippen LogP contribution in [0.15, 0.2) is 17.1 Å². The van der Waals surface area contributed by atoms with Gasteiger partial charge in [0.25, 0.3) is 0 Å². The average molecular weight is 249 g/mol. The summed E-state index contributed by atoms with van der Waals surface area (Å²) in [5, 5.41) is 1.13. The van der Waals surface area contributed by atoms with Gasteiger partial charge in [0.15, 0.2) is 0 Å². The Labute approximate surface area is 110 Å². The quantitative estimate of drug-likeness (QED) is 0.533. The average Bonchev–Trinajstić information content (AvgIpc) is 2.21. The van der Waals surface area contributed by atoms with Gasteiger partial charge in [-0.3, -0.25) is 4.99 Å². The number of aryl methyl sites for hydroxylation is 2. The number of aliphatic imine (C=N–C) groups is 1. The highest BCUT2D eigenvalue weighted by molar-refractivity contribution is 8.13. The van der Waals surface area contributed by atoms with E-state index in [2.05, 4.69) is 58.0 Å². The lowest BCUT2D eigenvalue weighted by molar-refractivity contribution is 0.589. The highest BCUT2D eigenvalue weighted by Crippen LogP contribution is 2.28. The molecule has 0 unspecified atom stereocenters. The highest BCUT2D eigenvalue weighted by Gasteiger charge is 2.17. The molecule has 1 aromatic rings. The minimum Gasteiger partial charge on any atom is -0.281 e. The summed E-state index contributed by atoms with van der Waals surface area (Å²) >= 11 is 1.71. The van der Waals surface area contributed by atoms with Gasteiger partial charge in [-0.2, -0.15) is 0 Å². The number of hydrogen-bond donors (Lipinski definition) is 0. The summed E-state index contributed by atoms with van der Waals surface area (Å²) < 4.78 is 0. The van der Waals surface area contributed by atoms with Crippen molar-refractivity contribution in [1.82, 2.24) is 0 Å². The maximum absolute atomic E-state index is 4.37. The van der Waals surface area contributed by atoms with Gasteiger partial charge in [-0.15, -0.1) is 11.8 Å². The van der Waals surface area contributed by atoms with Crippen LogP contribution in [-0.2, 0) is 5.41 Å². The predicted molar refractivity (Wildman–Crippen MR) is 80.6 cm³/mol. The third-order valence-electron chi connectivity index (χ3n) is 3.01. The fraction of sp³-hybridized carbons (Fsp3) is 0.533. The summed E-state index contributed by atoms with van der Waals surface area (Å²) in [6, 6.07) is 4.59. The standard InChI is InChI=1S/C15H23NS/c1-10-8-12(15(3,4)5)9-11(2)13(10)14(16-6)17-7/h8-9H,1-7H3. The van der Waals surface area contributed by atoms with Gasteiger partial charge < -0.3 is 0 Å². The maximum Gasteiger partial charge on any atom is 0.0976 e. The number of hydrogen-bond acceptors (Lipinski definition) is 2. The van der Waals surface area contributed by atoms with Crippen LogP contribution >= 0.6 is 11.8 Å². The zero-order valence-electron chi connectivity index (χ0n) is 12.0. The molecule has 2 heteroatoms. The Bertz CT molecular complexity index is 416. The normalized spacial score (nSPS) is 13.0. The topological polar surface area (TPSA) is 12.4 Å². The lowest BCUT2D eigenvalue weighted by Crippen LogP contribution is -2.13. The predicted octanol–water partition coefficient (Wildman–Crippen LogP) is 4.34. The van der Waals surface area contributed by atoms with Crippen LogP contribution in [0.2, 0.25) is 0 Å². The first-order valence-corrected chi connectivity index (χ1v) is 7.16. The van der Waals surface area contributed by atoms with E-state index in [4.69, 9.17) is 0 Å². The van der Waals surface area contributed by atoms with Gasteiger partial charge in [-0.05, 0) is 42.2 Å². The van der Waals surface area contributed by atoms with Crippen LogP contribution in [0.3, 0.4) is 0 Å². The van der Waals surface area contributed by atoms with Gasteiger partial charge in [0.05, 0.1) is 5.04 Å².